The Morgan fingerprint density at radius 3 is 2.12 bits per heavy atom. The number of amides is 2. The van der Waals surface area contributed by atoms with Crippen molar-refractivity contribution in [2.75, 3.05) is 12.4 Å². The minimum atomic E-state index is -10.4. The van der Waals surface area contributed by atoms with Crippen LogP contribution in [-0.2, 0) is 9.59 Å². The number of benzene rings is 2. The summed E-state index contributed by atoms with van der Waals surface area (Å²) in [6.07, 6.45) is 1.26. The van der Waals surface area contributed by atoms with Crippen LogP contribution < -0.4 is 20.1 Å². The van der Waals surface area contributed by atoms with Crippen LogP contribution in [0.2, 0.25) is 0 Å². The fourth-order valence-electron chi connectivity index (χ4n) is 5.06. The lowest BCUT2D eigenvalue weighted by atomic mass is 9.75. The zero-order valence-corrected chi connectivity index (χ0v) is 23.7. The number of nitrogens with one attached hydrogen (secondary N) is 2. The Bertz CT molecular complexity index is 1460. The Kier molecular flexibility index (Phi) is 7.86. The summed E-state index contributed by atoms with van der Waals surface area (Å²) in [5, 5.41) is 14.0. The van der Waals surface area contributed by atoms with Gasteiger partial charge in [-0.15, -0.1) is 0 Å². The number of hydrogen-bond acceptors (Lipinski definition) is 5. The molecule has 0 heterocycles. The van der Waals surface area contributed by atoms with Crippen molar-refractivity contribution >= 4 is 33.7 Å². The van der Waals surface area contributed by atoms with Gasteiger partial charge in [-0.05, 0) is 69.7 Å². The number of carbonyl (C=O) groups excluding carboxylic acids is 2. The number of carboxylic acids is 1. The maximum atomic E-state index is 14.8. The zero-order valence-electron chi connectivity index (χ0n) is 22.9. The number of aliphatic carboxylic acids is 1. The molecule has 2 aliphatic rings. The molecule has 0 saturated heterocycles. The summed E-state index contributed by atoms with van der Waals surface area (Å²) in [6, 6.07) is 1.91. The van der Waals surface area contributed by atoms with Crippen molar-refractivity contribution in [3.8, 4) is 11.5 Å². The van der Waals surface area contributed by atoms with Crippen LogP contribution in [0.5, 0.6) is 11.5 Å². The van der Waals surface area contributed by atoms with Crippen LogP contribution in [0.1, 0.15) is 55.8 Å². The molecular formula is C27H29F7N2O6S. The predicted octanol–water partition coefficient (Wildman–Crippen LogP) is 7.19. The van der Waals surface area contributed by atoms with E-state index in [1.165, 1.54) is 7.11 Å². The maximum Gasteiger partial charge on any atom is 0.313 e. The van der Waals surface area contributed by atoms with Gasteiger partial charge >= 0.3 is 16.2 Å². The second kappa shape index (κ2) is 10.5. The first-order chi connectivity index (χ1) is 19.7. The van der Waals surface area contributed by atoms with Crippen molar-refractivity contribution in [3.63, 3.8) is 0 Å². The summed E-state index contributed by atoms with van der Waals surface area (Å²) in [5.41, 5.74) is -1.77. The molecule has 2 atom stereocenters. The minimum Gasteiger partial charge on any atom is -0.496 e. The molecule has 0 spiro atoms. The van der Waals surface area contributed by atoms with Crippen LogP contribution in [0, 0.1) is 23.0 Å². The van der Waals surface area contributed by atoms with Crippen LogP contribution in [0.3, 0.4) is 0 Å². The molecule has 2 amide bonds. The van der Waals surface area contributed by atoms with E-state index in [9.17, 15) is 47.7 Å². The van der Waals surface area contributed by atoms with Crippen molar-refractivity contribution in [2.24, 2.45) is 11.3 Å². The summed E-state index contributed by atoms with van der Waals surface area (Å²) in [7, 11) is -9.18. The zero-order chi connectivity index (χ0) is 32.0. The third-order valence-electron chi connectivity index (χ3n) is 7.89. The van der Waals surface area contributed by atoms with E-state index in [0.29, 0.717) is 31.7 Å². The molecule has 0 aromatic heterocycles. The molecule has 2 fully saturated rings. The quantitative estimate of drug-likeness (QED) is 0.250. The van der Waals surface area contributed by atoms with E-state index in [2.05, 4.69) is 10.6 Å². The van der Waals surface area contributed by atoms with Gasteiger partial charge in [-0.25, -0.2) is 8.78 Å². The number of rotatable bonds is 9. The molecule has 2 aromatic rings. The van der Waals surface area contributed by atoms with Crippen LogP contribution in [0.15, 0.2) is 35.2 Å². The Morgan fingerprint density at radius 2 is 1.58 bits per heavy atom. The molecule has 4 rings (SSSR count). The lowest BCUT2D eigenvalue weighted by molar-refractivity contribution is -0.150. The molecule has 2 aliphatic carbocycles. The van der Waals surface area contributed by atoms with Gasteiger partial charge in [-0.1, -0.05) is 19.4 Å². The Balaban J connectivity index is 1.44. The summed E-state index contributed by atoms with van der Waals surface area (Å²) in [6.45, 7) is 1.62. The van der Waals surface area contributed by atoms with Gasteiger partial charge in [0.05, 0.1) is 30.1 Å². The Morgan fingerprint density at radius 1 is 0.930 bits per heavy atom. The van der Waals surface area contributed by atoms with Gasteiger partial charge in [0.2, 0.25) is 5.91 Å². The minimum absolute atomic E-state index is 0.143. The van der Waals surface area contributed by atoms with E-state index < -0.39 is 73.7 Å². The monoisotopic (exact) mass is 642 g/mol. The lowest BCUT2D eigenvalue weighted by Crippen LogP contribution is -2.51. The van der Waals surface area contributed by atoms with Crippen molar-refractivity contribution in [2.45, 2.75) is 62.5 Å². The Hall–Kier alpha value is -3.69. The van der Waals surface area contributed by atoms with Gasteiger partial charge in [0.15, 0.2) is 11.6 Å². The lowest BCUT2D eigenvalue weighted by Gasteiger charge is -2.40. The van der Waals surface area contributed by atoms with E-state index in [4.69, 9.17) is 9.47 Å². The largest absolute Gasteiger partial charge is 0.496 e. The first-order valence-electron chi connectivity index (χ1n) is 13.1. The third kappa shape index (κ3) is 7.11. The molecule has 8 nitrogen and oxygen atoms in total. The van der Waals surface area contributed by atoms with Gasteiger partial charge in [-0.2, -0.15) is 0 Å². The number of carboxylic acid groups (broad SMARTS) is 1. The van der Waals surface area contributed by atoms with Gasteiger partial charge < -0.3 is 25.2 Å². The predicted molar refractivity (Wildman–Crippen MR) is 142 cm³/mol. The number of methoxy groups -OCH3 is 1. The second-order valence-corrected chi connectivity index (χ2v) is 13.4. The molecule has 3 N–H and O–H groups in total. The summed E-state index contributed by atoms with van der Waals surface area (Å²) in [5.74, 6) is -7.02. The van der Waals surface area contributed by atoms with E-state index in [0.717, 1.165) is 12.1 Å². The average molecular weight is 643 g/mol. The van der Waals surface area contributed by atoms with E-state index >= 15 is 0 Å². The highest BCUT2D eigenvalue weighted by Gasteiger charge is 2.67. The molecule has 0 radical (unpaired) electrons. The molecule has 2 saturated carbocycles. The first-order valence-corrected chi connectivity index (χ1v) is 15.1. The molecule has 0 bridgehead atoms. The van der Waals surface area contributed by atoms with Crippen LogP contribution >= 0.6 is 10.2 Å². The van der Waals surface area contributed by atoms with Crippen LogP contribution in [-0.4, -0.2) is 42.1 Å². The SMILES string of the molecule is COc1cc(F)c(O[C@H]2CC[C@@](C)(C(=O)O)CC2)cc1C(=O)N[C@@H]1CC[C@@H]1C(=O)Nc1ccc(F)c(S(F)(F)(F)(F)F)c1. The highest BCUT2D eigenvalue weighted by Crippen LogP contribution is 3.02. The first kappa shape index (κ1) is 32.2. The van der Waals surface area contributed by atoms with Crippen molar-refractivity contribution < 1.29 is 57.2 Å². The van der Waals surface area contributed by atoms with Gasteiger partial charge in [-0.3, -0.25) is 14.4 Å². The molecule has 238 valence electrons. The summed E-state index contributed by atoms with van der Waals surface area (Å²) < 4.78 is 105. The van der Waals surface area contributed by atoms with E-state index in [1.54, 1.807) is 6.92 Å². The Labute approximate surface area is 241 Å². The number of ether oxygens (including phenoxy) is 2. The fourth-order valence-corrected chi connectivity index (χ4v) is 5.84. The molecule has 0 unspecified atom stereocenters. The van der Waals surface area contributed by atoms with Crippen molar-refractivity contribution in [1.82, 2.24) is 5.32 Å². The third-order valence-corrected chi connectivity index (χ3v) is 9.03. The molecular weight excluding hydrogens is 613 g/mol. The molecule has 0 aliphatic heterocycles. The van der Waals surface area contributed by atoms with Crippen molar-refractivity contribution in [1.29, 1.82) is 0 Å². The molecule has 16 heteroatoms. The normalized spacial score (nSPS) is 25.4. The van der Waals surface area contributed by atoms with Crippen LogP contribution in [0.25, 0.3) is 0 Å². The fraction of sp³-hybridized carbons (Fsp3) is 0.444. The van der Waals surface area contributed by atoms with Crippen LogP contribution in [0.4, 0.5) is 33.9 Å². The highest BCUT2D eigenvalue weighted by molar-refractivity contribution is 8.45. The van der Waals surface area contributed by atoms with Gasteiger partial charge in [0.1, 0.15) is 16.5 Å². The highest BCUT2D eigenvalue weighted by atomic mass is 32.5. The number of anilines is 1. The number of halogens is 7. The van der Waals surface area contributed by atoms with Crippen molar-refractivity contribution in [3.05, 3.63) is 47.5 Å². The average Bonchev–Trinajstić information content (AvgIpc) is 2.88. The number of carbonyl (C=O) groups is 3. The van der Waals surface area contributed by atoms with E-state index in [-0.39, 0.29) is 42.0 Å². The maximum absolute atomic E-state index is 14.8. The number of hydrogen-bond donors (Lipinski definition) is 3. The smallest absolute Gasteiger partial charge is 0.313 e. The molecule has 43 heavy (non-hydrogen) atoms. The van der Waals surface area contributed by atoms with E-state index in [1.807, 2.05) is 0 Å². The second-order valence-electron chi connectivity index (χ2n) is 11.0. The summed E-state index contributed by atoms with van der Waals surface area (Å²) in [4.78, 5) is 34.6. The van der Waals surface area contributed by atoms with Gasteiger partial charge in [0, 0.05) is 17.8 Å². The molecule has 2 aromatic carbocycles. The standard InChI is InChI=1S/C27H29F7N2O6S/c1-27(26(39)40)9-7-15(8-10-27)42-22-12-17(21(41-2)13-19(22)29)25(38)36-20-6-4-16(20)24(37)35-14-3-5-18(28)23(11-14)43(30,31,32,33)34/h3,5,11-13,15-16,20H,4,6-10H2,1-2H3,(H,35,37)(H,36,38)(H,39,40)/t15-,16-,20+,27+/m0/s1. The summed E-state index contributed by atoms with van der Waals surface area (Å²) >= 11 is 0. The topological polar surface area (TPSA) is 114 Å². The van der Waals surface area contributed by atoms with Gasteiger partial charge in [0.25, 0.3) is 5.91 Å².